The minimum atomic E-state index is -0.365. The molecule has 0 fully saturated rings. The van der Waals surface area contributed by atoms with Crippen molar-refractivity contribution in [2.45, 2.75) is 33.7 Å². The highest BCUT2D eigenvalue weighted by atomic mass is 79.9. The maximum absolute atomic E-state index is 14.4. The molecule has 0 aromatic heterocycles. The Morgan fingerprint density at radius 1 is 1.00 bits per heavy atom. The lowest BCUT2D eigenvalue weighted by Gasteiger charge is -2.22. The number of rotatable bonds is 3. The van der Waals surface area contributed by atoms with Crippen LogP contribution < -0.4 is 11.3 Å². The third-order valence-electron chi connectivity index (χ3n) is 3.73. The minimum absolute atomic E-state index is 0.228. The van der Waals surface area contributed by atoms with Gasteiger partial charge in [-0.1, -0.05) is 34.1 Å². The number of nitrogens with one attached hydrogen (secondary N) is 1. The van der Waals surface area contributed by atoms with Gasteiger partial charge in [-0.25, -0.2) is 9.82 Å². The Labute approximate surface area is 133 Å². The number of hydrogen-bond donors (Lipinski definition) is 2. The second kappa shape index (κ2) is 6.26. The molecule has 2 nitrogen and oxygen atoms in total. The quantitative estimate of drug-likeness (QED) is 0.636. The molecule has 0 spiro atoms. The second-order valence-electron chi connectivity index (χ2n) is 5.55. The molecule has 1 unspecified atom stereocenters. The highest BCUT2D eigenvalue weighted by Gasteiger charge is 2.20. The van der Waals surface area contributed by atoms with Crippen molar-refractivity contribution in [1.82, 2.24) is 5.43 Å². The summed E-state index contributed by atoms with van der Waals surface area (Å²) in [6.07, 6.45) is 0. The van der Waals surface area contributed by atoms with E-state index in [9.17, 15) is 4.39 Å². The van der Waals surface area contributed by atoms with Gasteiger partial charge in [0.25, 0.3) is 0 Å². The van der Waals surface area contributed by atoms with Crippen LogP contribution in [-0.4, -0.2) is 0 Å². The number of hydrazine groups is 1. The van der Waals surface area contributed by atoms with Crippen molar-refractivity contribution in [2.75, 3.05) is 0 Å². The van der Waals surface area contributed by atoms with Crippen molar-refractivity contribution < 1.29 is 4.39 Å². The Morgan fingerprint density at radius 3 is 2.05 bits per heavy atom. The van der Waals surface area contributed by atoms with Crippen molar-refractivity contribution in [1.29, 1.82) is 0 Å². The highest BCUT2D eigenvalue weighted by molar-refractivity contribution is 9.10. The topological polar surface area (TPSA) is 38.0 Å². The summed E-state index contributed by atoms with van der Waals surface area (Å²) >= 11 is 3.55. The van der Waals surface area contributed by atoms with Gasteiger partial charge in [-0.05, 0) is 61.6 Å². The predicted octanol–water partition coefficient (Wildman–Crippen LogP) is 4.37. The second-order valence-corrected chi connectivity index (χ2v) is 6.34. The number of halogens is 2. The van der Waals surface area contributed by atoms with Gasteiger partial charge in [0.2, 0.25) is 0 Å². The molecule has 1 atom stereocenters. The molecule has 0 aliphatic heterocycles. The molecule has 0 aliphatic carbocycles. The van der Waals surface area contributed by atoms with Gasteiger partial charge in [0.1, 0.15) is 5.82 Å². The minimum Gasteiger partial charge on any atom is -0.271 e. The Kier molecular flexibility index (Phi) is 4.81. The summed E-state index contributed by atoms with van der Waals surface area (Å²) in [4.78, 5) is 0. The van der Waals surface area contributed by atoms with Gasteiger partial charge >= 0.3 is 0 Å². The van der Waals surface area contributed by atoms with E-state index < -0.39 is 0 Å². The van der Waals surface area contributed by atoms with Crippen LogP contribution >= 0.6 is 15.9 Å². The van der Waals surface area contributed by atoms with Crippen LogP contribution in [0.2, 0.25) is 0 Å². The summed E-state index contributed by atoms with van der Waals surface area (Å²) in [6, 6.07) is 7.21. The van der Waals surface area contributed by atoms with E-state index in [2.05, 4.69) is 21.4 Å². The first-order chi connectivity index (χ1) is 9.85. The van der Waals surface area contributed by atoms with E-state index in [4.69, 9.17) is 5.84 Å². The maximum Gasteiger partial charge on any atom is 0.128 e. The Hall–Kier alpha value is -1.23. The molecule has 0 aliphatic rings. The third-order valence-corrected chi connectivity index (χ3v) is 4.98. The molecule has 0 amide bonds. The van der Waals surface area contributed by atoms with Gasteiger partial charge in [0, 0.05) is 10.0 Å². The van der Waals surface area contributed by atoms with E-state index in [1.165, 1.54) is 0 Å². The van der Waals surface area contributed by atoms with Gasteiger partial charge < -0.3 is 0 Å². The maximum atomic E-state index is 14.4. The summed E-state index contributed by atoms with van der Waals surface area (Å²) < 4.78 is 15.5. The highest BCUT2D eigenvalue weighted by Crippen LogP contribution is 2.31. The van der Waals surface area contributed by atoms with E-state index in [-0.39, 0.29) is 11.9 Å². The zero-order valence-electron chi connectivity index (χ0n) is 12.7. The summed E-state index contributed by atoms with van der Waals surface area (Å²) in [6.45, 7) is 7.84. The number of nitrogens with two attached hydrogens (primary N) is 1. The van der Waals surface area contributed by atoms with Crippen molar-refractivity contribution in [3.63, 3.8) is 0 Å². The molecule has 2 aromatic rings. The smallest absolute Gasteiger partial charge is 0.128 e. The lowest BCUT2D eigenvalue weighted by atomic mass is 9.92. The molecule has 4 heteroatoms. The predicted molar refractivity (Wildman–Crippen MR) is 88.7 cm³/mol. The number of aryl methyl sites for hydroxylation is 4. The van der Waals surface area contributed by atoms with Crippen LogP contribution in [0.3, 0.4) is 0 Å². The monoisotopic (exact) mass is 350 g/mol. The van der Waals surface area contributed by atoms with Crippen molar-refractivity contribution in [3.8, 4) is 0 Å². The molecular formula is C17H20BrFN2. The summed E-state index contributed by atoms with van der Waals surface area (Å²) in [5.41, 5.74) is 8.34. The average Bonchev–Trinajstić information content (AvgIpc) is 2.39. The fourth-order valence-corrected chi connectivity index (χ4v) is 3.01. The molecule has 2 rings (SSSR count). The SMILES string of the molecule is Cc1cc(C)c(C(NN)c2cc(C)c(Br)c(C)c2)c(F)c1. The first-order valence-electron chi connectivity index (χ1n) is 6.84. The van der Waals surface area contributed by atoms with Gasteiger partial charge in [-0.3, -0.25) is 5.84 Å². The van der Waals surface area contributed by atoms with Gasteiger partial charge in [0.15, 0.2) is 0 Å². The first-order valence-corrected chi connectivity index (χ1v) is 7.64. The van der Waals surface area contributed by atoms with E-state index in [1.54, 1.807) is 6.07 Å². The average molecular weight is 351 g/mol. The van der Waals surface area contributed by atoms with Gasteiger partial charge in [-0.15, -0.1) is 0 Å². The molecule has 0 saturated heterocycles. The molecule has 2 aromatic carbocycles. The molecular weight excluding hydrogens is 331 g/mol. The Bertz CT molecular complexity index is 636. The number of hydrogen-bond acceptors (Lipinski definition) is 2. The number of benzene rings is 2. The molecule has 0 radical (unpaired) electrons. The van der Waals surface area contributed by atoms with Crippen LogP contribution in [0.15, 0.2) is 28.7 Å². The zero-order chi connectivity index (χ0) is 15.7. The van der Waals surface area contributed by atoms with Gasteiger partial charge in [-0.2, -0.15) is 0 Å². The fourth-order valence-electron chi connectivity index (χ4n) is 2.78. The molecule has 112 valence electrons. The lowest BCUT2D eigenvalue weighted by Crippen LogP contribution is -2.30. The van der Waals surface area contributed by atoms with E-state index in [0.717, 1.165) is 32.3 Å². The normalized spacial score (nSPS) is 12.5. The Morgan fingerprint density at radius 2 is 1.57 bits per heavy atom. The largest absolute Gasteiger partial charge is 0.271 e. The van der Waals surface area contributed by atoms with Crippen LogP contribution in [0.25, 0.3) is 0 Å². The van der Waals surface area contributed by atoms with Crippen LogP contribution in [-0.2, 0) is 0 Å². The van der Waals surface area contributed by atoms with E-state index >= 15 is 0 Å². The summed E-state index contributed by atoms with van der Waals surface area (Å²) in [7, 11) is 0. The Balaban J connectivity index is 2.60. The molecule has 21 heavy (non-hydrogen) atoms. The first kappa shape index (κ1) is 16.1. The van der Waals surface area contributed by atoms with Gasteiger partial charge in [0.05, 0.1) is 6.04 Å². The fraction of sp³-hybridized carbons (Fsp3) is 0.294. The van der Waals surface area contributed by atoms with Crippen molar-refractivity contribution in [2.24, 2.45) is 5.84 Å². The molecule has 3 N–H and O–H groups in total. The molecule has 0 heterocycles. The van der Waals surface area contributed by atoms with Crippen LogP contribution in [0.1, 0.15) is 39.4 Å². The lowest BCUT2D eigenvalue weighted by molar-refractivity contribution is 0.556. The van der Waals surface area contributed by atoms with Crippen molar-refractivity contribution in [3.05, 3.63) is 67.9 Å². The van der Waals surface area contributed by atoms with E-state index in [0.29, 0.717) is 5.56 Å². The van der Waals surface area contributed by atoms with Crippen LogP contribution in [0.5, 0.6) is 0 Å². The molecule has 0 saturated carbocycles. The summed E-state index contributed by atoms with van der Waals surface area (Å²) in [5, 5.41) is 0. The van der Waals surface area contributed by atoms with Crippen LogP contribution in [0.4, 0.5) is 4.39 Å². The zero-order valence-corrected chi connectivity index (χ0v) is 14.3. The third kappa shape index (κ3) is 3.18. The van der Waals surface area contributed by atoms with Crippen molar-refractivity contribution >= 4 is 15.9 Å². The van der Waals surface area contributed by atoms with E-state index in [1.807, 2.05) is 45.9 Å². The summed E-state index contributed by atoms with van der Waals surface area (Å²) in [5.74, 6) is 5.49. The molecule has 0 bridgehead atoms. The standard InChI is InChI=1S/C17H20BrFN2/c1-9-5-10(2)15(14(19)6-9)17(21-20)13-7-11(3)16(18)12(4)8-13/h5-8,17,21H,20H2,1-4H3. The van der Waals surface area contributed by atoms with Crippen LogP contribution in [0, 0.1) is 33.5 Å².